The normalized spacial score (nSPS) is 14.1. The highest BCUT2D eigenvalue weighted by Crippen LogP contribution is 2.26. The van der Waals surface area contributed by atoms with E-state index in [0.717, 1.165) is 28.5 Å². The first-order chi connectivity index (χ1) is 16.8. The first-order valence-electron chi connectivity index (χ1n) is 11.0. The molecule has 1 aliphatic rings. The van der Waals surface area contributed by atoms with E-state index in [4.69, 9.17) is 16.3 Å². The lowest BCUT2D eigenvalue weighted by Gasteiger charge is -2.16. The third-order valence-corrected chi connectivity index (χ3v) is 6.27. The number of imidazole rings is 1. The molecule has 35 heavy (non-hydrogen) atoms. The monoisotopic (exact) mass is 498 g/mol. The molecule has 0 atom stereocenters. The van der Waals surface area contributed by atoms with Crippen LogP contribution in [-0.4, -0.2) is 32.5 Å². The van der Waals surface area contributed by atoms with E-state index >= 15 is 0 Å². The molecule has 5 nitrogen and oxygen atoms in total. The highest BCUT2D eigenvalue weighted by molar-refractivity contribution is 6.30. The lowest BCUT2D eigenvalue weighted by atomic mass is 10.1. The number of pyridine rings is 1. The highest BCUT2D eigenvalue weighted by Gasteiger charge is 2.21. The number of fused-ring (bicyclic) bond motifs is 1. The summed E-state index contributed by atoms with van der Waals surface area (Å²) in [4.78, 5) is 11.1. The molecule has 0 unspecified atom stereocenters. The minimum Gasteiger partial charge on any atom is -0.484 e. The average Bonchev–Trinajstić information content (AvgIpc) is 3.40. The van der Waals surface area contributed by atoms with Gasteiger partial charge >= 0.3 is 0 Å². The summed E-state index contributed by atoms with van der Waals surface area (Å²) in [5.74, 6) is -0.756. The van der Waals surface area contributed by atoms with Crippen LogP contribution >= 0.6 is 11.6 Å². The summed E-state index contributed by atoms with van der Waals surface area (Å²) in [6.45, 7) is 3.39. The molecule has 0 radical (unpaired) electrons. The lowest BCUT2D eigenvalue weighted by molar-refractivity contribution is 0.279. The van der Waals surface area contributed by atoms with Crippen LogP contribution in [0.1, 0.15) is 22.8 Å². The van der Waals surface area contributed by atoms with E-state index in [-0.39, 0.29) is 28.9 Å². The third-order valence-electron chi connectivity index (χ3n) is 6.04. The number of hydrogen-bond donors (Lipinski definition) is 0. The van der Waals surface area contributed by atoms with E-state index in [1.54, 1.807) is 6.07 Å². The van der Waals surface area contributed by atoms with Crippen molar-refractivity contribution >= 4 is 28.2 Å². The Morgan fingerprint density at radius 1 is 1.00 bits per heavy atom. The van der Waals surface area contributed by atoms with E-state index in [1.165, 1.54) is 24.3 Å². The van der Waals surface area contributed by atoms with Crippen LogP contribution in [0.2, 0.25) is 5.02 Å². The number of aryl methyl sites for hydroxylation is 2. The Morgan fingerprint density at radius 2 is 1.83 bits per heavy atom. The summed E-state index contributed by atoms with van der Waals surface area (Å²) in [6.07, 6.45) is 2.02. The van der Waals surface area contributed by atoms with Crippen molar-refractivity contribution < 1.29 is 17.9 Å². The molecule has 0 spiro atoms. The SMILES string of the molecule is Cc1cc(F)c2nc(CN3CC=C(c4ccc(F)c(COc5ccc(Cl)cc5F)n4)C3)n(C)c2c1. The average molecular weight is 499 g/mol. The van der Waals surface area contributed by atoms with E-state index in [0.29, 0.717) is 30.8 Å². The van der Waals surface area contributed by atoms with Crippen molar-refractivity contribution in [1.29, 1.82) is 0 Å². The molecule has 0 saturated heterocycles. The molecule has 0 N–H and O–H groups in total. The van der Waals surface area contributed by atoms with Gasteiger partial charge in [-0.15, -0.1) is 0 Å². The number of halogens is 4. The second kappa shape index (κ2) is 9.36. The molecule has 3 heterocycles. The predicted octanol–water partition coefficient (Wildman–Crippen LogP) is 5.83. The minimum absolute atomic E-state index is 0.0265. The molecule has 0 fully saturated rings. The van der Waals surface area contributed by atoms with Crippen LogP contribution in [0.15, 0.2) is 48.5 Å². The van der Waals surface area contributed by atoms with E-state index in [9.17, 15) is 13.2 Å². The molecule has 5 rings (SSSR count). The Hall–Kier alpha value is -3.36. The summed E-state index contributed by atoms with van der Waals surface area (Å²) in [6, 6.07) is 10.4. The summed E-state index contributed by atoms with van der Waals surface area (Å²) < 4.78 is 50.0. The fourth-order valence-electron chi connectivity index (χ4n) is 4.19. The molecular formula is C26H22ClF3N4O. The van der Waals surface area contributed by atoms with Crippen molar-refractivity contribution in [3.63, 3.8) is 0 Å². The summed E-state index contributed by atoms with van der Waals surface area (Å²) in [7, 11) is 1.88. The predicted molar refractivity (Wildman–Crippen MR) is 129 cm³/mol. The second-order valence-corrected chi connectivity index (χ2v) is 9.03. The van der Waals surface area contributed by atoms with Crippen LogP contribution in [0.25, 0.3) is 16.6 Å². The summed E-state index contributed by atoms with van der Waals surface area (Å²) >= 11 is 5.76. The highest BCUT2D eigenvalue weighted by atomic mass is 35.5. The molecular weight excluding hydrogens is 477 g/mol. The molecule has 0 saturated carbocycles. The van der Waals surface area contributed by atoms with Crippen molar-refractivity contribution in [1.82, 2.24) is 19.4 Å². The van der Waals surface area contributed by atoms with Gasteiger partial charge in [0.15, 0.2) is 17.4 Å². The van der Waals surface area contributed by atoms with Crippen molar-refractivity contribution in [3.8, 4) is 5.75 Å². The van der Waals surface area contributed by atoms with Gasteiger partial charge in [-0.25, -0.2) is 23.1 Å². The second-order valence-electron chi connectivity index (χ2n) is 8.59. The summed E-state index contributed by atoms with van der Waals surface area (Å²) in [5.41, 5.74) is 3.60. The van der Waals surface area contributed by atoms with Crippen molar-refractivity contribution in [3.05, 3.63) is 93.8 Å². The van der Waals surface area contributed by atoms with Crippen LogP contribution in [-0.2, 0) is 20.2 Å². The lowest BCUT2D eigenvalue weighted by Crippen LogP contribution is -2.22. The van der Waals surface area contributed by atoms with Gasteiger partial charge in [0.05, 0.1) is 17.8 Å². The molecule has 0 amide bonds. The molecule has 2 aromatic carbocycles. The quantitative estimate of drug-likeness (QED) is 0.336. The number of aromatic nitrogens is 3. The Labute approximate surface area is 205 Å². The number of benzene rings is 2. The van der Waals surface area contributed by atoms with Crippen LogP contribution < -0.4 is 4.74 Å². The van der Waals surface area contributed by atoms with Gasteiger partial charge in [0.25, 0.3) is 0 Å². The smallest absolute Gasteiger partial charge is 0.166 e. The number of rotatable bonds is 6. The fraction of sp³-hybridized carbons (Fsp3) is 0.231. The topological polar surface area (TPSA) is 43.2 Å². The number of hydrogen-bond acceptors (Lipinski definition) is 4. The van der Waals surface area contributed by atoms with Crippen molar-refractivity contribution in [2.24, 2.45) is 7.05 Å². The zero-order valence-corrected chi connectivity index (χ0v) is 19.9. The molecule has 0 aliphatic carbocycles. The summed E-state index contributed by atoms with van der Waals surface area (Å²) in [5, 5.41) is 0.248. The molecule has 9 heteroatoms. The zero-order valence-electron chi connectivity index (χ0n) is 19.2. The first-order valence-corrected chi connectivity index (χ1v) is 11.4. The molecule has 180 valence electrons. The number of nitrogens with zero attached hydrogens (tertiary/aromatic N) is 4. The standard InChI is InChI=1S/C26H22ClF3N4O/c1-15-9-20(30)26-23(10-15)33(2)25(32-26)13-34-8-7-16(12-34)21-5-4-18(28)22(31-21)14-35-24-6-3-17(27)11-19(24)29/h3-7,9-11H,8,12-14H2,1-2H3. The Bertz CT molecular complexity index is 1470. The maximum atomic E-state index is 14.4. The molecule has 1 aliphatic heterocycles. The van der Waals surface area contributed by atoms with Gasteiger partial charge in [0.2, 0.25) is 0 Å². The van der Waals surface area contributed by atoms with Crippen molar-refractivity contribution in [2.75, 3.05) is 13.1 Å². The molecule has 4 aromatic rings. The van der Waals surface area contributed by atoms with Crippen LogP contribution in [0.3, 0.4) is 0 Å². The van der Waals surface area contributed by atoms with Crippen LogP contribution in [0.5, 0.6) is 5.75 Å². The van der Waals surface area contributed by atoms with Gasteiger partial charge in [0, 0.05) is 25.2 Å². The maximum absolute atomic E-state index is 14.4. The molecule has 0 bridgehead atoms. The Kier molecular flexibility index (Phi) is 6.25. The van der Waals surface area contributed by atoms with E-state index in [2.05, 4.69) is 14.9 Å². The fourth-order valence-corrected chi connectivity index (χ4v) is 4.34. The minimum atomic E-state index is -0.625. The first kappa shape index (κ1) is 23.4. The maximum Gasteiger partial charge on any atom is 0.166 e. The third kappa shape index (κ3) is 4.76. The van der Waals surface area contributed by atoms with Crippen LogP contribution in [0.4, 0.5) is 13.2 Å². The molecule has 2 aromatic heterocycles. The Balaban J connectivity index is 1.28. The van der Waals surface area contributed by atoms with Gasteiger partial charge in [-0.2, -0.15) is 0 Å². The van der Waals surface area contributed by atoms with Crippen LogP contribution in [0, 0.1) is 24.4 Å². The van der Waals surface area contributed by atoms with Gasteiger partial charge in [-0.1, -0.05) is 17.7 Å². The number of ether oxygens (including phenoxy) is 1. The van der Waals surface area contributed by atoms with Gasteiger partial charge in [0.1, 0.15) is 29.5 Å². The van der Waals surface area contributed by atoms with E-state index < -0.39 is 11.6 Å². The Morgan fingerprint density at radius 3 is 2.63 bits per heavy atom. The van der Waals surface area contributed by atoms with Gasteiger partial charge in [-0.05, 0) is 60.5 Å². The van der Waals surface area contributed by atoms with E-state index in [1.807, 2.05) is 30.7 Å². The zero-order chi connectivity index (χ0) is 24.7. The van der Waals surface area contributed by atoms with Crippen molar-refractivity contribution in [2.45, 2.75) is 20.1 Å². The largest absolute Gasteiger partial charge is 0.484 e. The van der Waals surface area contributed by atoms with Gasteiger partial charge < -0.3 is 9.30 Å². The van der Waals surface area contributed by atoms with Gasteiger partial charge in [-0.3, -0.25) is 4.90 Å².